The highest BCUT2D eigenvalue weighted by molar-refractivity contribution is 7.87. The van der Waals surface area contributed by atoms with Crippen LogP contribution < -0.4 is 4.74 Å². The van der Waals surface area contributed by atoms with Gasteiger partial charge in [0.2, 0.25) is 0 Å². The molecule has 0 radical (unpaired) electrons. The number of phenolic OH excluding ortho intramolecular Hbond substituents is 2. The number of fused-ring (bicyclic) bond motifs is 3. The van der Waals surface area contributed by atoms with E-state index in [2.05, 4.69) is 0 Å². The average Bonchev–Trinajstić information content (AvgIpc) is 3.13. The molecule has 4 N–H and O–H groups in total. The Hall–Kier alpha value is -3.18. The lowest BCUT2D eigenvalue weighted by atomic mass is 9.67. The van der Waals surface area contributed by atoms with Crippen molar-refractivity contribution >= 4 is 43.4 Å². The minimum absolute atomic E-state index is 0.0111. The molecule has 1 aromatic carbocycles. The zero-order valence-corrected chi connectivity index (χ0v) is 25.5. The van der Waals surface area contributed by atoms with Gasteiger partial charge in [-0.25, -0.2) is 0 Å². The van der Waals surface area contributed by atoms with Crippen LogP contribution in [0.4, 0.5) is 0 Å². The molecule has 0 saturated carbocycles. The van der Waals surface area contributed by atoms with E-state index < -0.39 is 77.1 Å². The molecule has 1 aliphatic heterocycles. The maximum atomic E-state index is 13.0. The minimum atomic E-state index is -4.50. The fraction of sp³-hybridized carbons (Fsp3) is 0.538. The second-order valence-corrected chi connectivity index (χ2v) is 13.2. The van der Waals surface area contributed by atoms with Crippen LogP contribution in [0.1, 0.15) is 81.8 Å². The molecule has 1 heterocycles. The third kappa shape index (κ3) is 6.57. The number of carbonyl (C=O) groups is 4. The zero-order chi connectivity index (χ0) is 32.5. The molecule has 0 saturated heterocycles. The summed E-state index contributed by atoms with van der Waals surface area (Å²) in [5.74, 6) is -5.15. The number of ketones is 4. The highest BCUT2D eigenvalue weighted by Crippen LogP contribution is 2.57. The number of Topliss-reactive ketones (excluding diaryl/α,β-unsaturated/α-hetero) is 3. The Morgan fingerprint density at radius 2 is 1.45 bits per heavy atom. The van der Waals surface area contributed by atoms with Crippen LogP contribution >= 0.6 is 0 Å². The summed E-state index contributed by atoms with van der Waals surface area (Å²) in [6.45, 7) is 8.48. The Morgan fingerprint density at radius 1 is 0.976 bits per heavy atom. The number of phenols is 2. The van der Waals surface area contributed by atoms with Crippen LogP contribution in [0.2, 0.25) is 0 Å². The Labute approximate surface area is 243 Å². The van der Waals surface area contributed by atoms with E-state index in [1.54, 1.807) is 13.8 Å². The lowest BCUT2D eigenvalue weighted by Gasteiger charge is -2.30. The number of carbonyl (C=O) groups excluding carboxylic acids is 4. The number of allylic oxidation sites excluding steroid dienone is 2. The van der Waals surface area contributed by atoms with E-state index >= 15 is 0 Å². The van der Waals surface area contributed by atoms with Gasteiger partial charge in [0.1, 0.15) is 45.7 Å². The van der Waals surface area contributed by atoms with Crippen molar-refractivity contribution in [3.63, 3.8) is 0 Å². The fourth-order valence-electron chi connectivity index (χ4n) is 4.70. The molecule has 0 amide bonds. The maximum Gasteiger partial charge on any atom is 0.292 e. The topological polar surface area (TPSA) is 236 Å². The summed E-state index contributed by atoms with van der Waals surface area (Å²) in [6.07, 6.45) is 1.72. The molecule has 3 rings (SSSR count). The molecule has 4 unspecified atom stereocenters. The highest BCUT2D eigenvalue weighted by atomic mass is 32.2. The Bertz CT molecular complexity index is 1520. The second-order valence-electron chi connectivity index (χ2n) is 10.1. The predicted octanol–water partition coefficient (Wildman–Crippen LogP) is 2.53. The lowest BCUT2D eigenvalue weighted by Crippen LogP contribution is -2.47. The first-order valence-electron chi connectivity index (χ1n) is 12.8. The standard InChI is InChI=1S/C18H16O7.C8H18O7S2/c1-6-14(22)12(8(3)20)16-13(15(6)23)18(4)10(25-16)5-9(21)11(7(2)19)17(18)24;1-3-5-7(16(9,10)11)15-8(6-4-2)17(12,13)14/h5,11,22-23H,1-4H3;7-8H,3-6H2,1-2H3,(H,9,10,11)(H,12,13,14). The van der Waals surface area contributed by atoms with Gasteiger partial charge < -0.3 is 19.7 Å². The molecule has 14 nitrogen and oxygen atoms in total. The number of rotatable bonds is 10. The molecule has 4 atom stereocenters. The van der Waals surface area contributed by atoms with E-state index in [0.717, 1.165) is 13.0 Å². The van der Waals surface area contributed by atoms with Crippen molar-refractivity contribution in [1.82, 2.24) is 0 Å². The molecule has 1 aromatic rings. The van der Waals surface area contributed by atoms with Gasteiger partial charge in [-0.05, 0) is 40.5 Å². The van der Waals surface area contributed by atoms with Crippen LogP contribution in [0.15, 0.2) is 11.8 Å². The first-order valence-corrected chi connectivity index (χ1v) is 15.8. The van der Waals surface area contributed by atoms with Crippen molar-refractivity contribution in [2.75, 3.05) is 0 Å². The number of ether oxygens (including phenoxy) is 2. The van der Waals surface area contributed by atoms with Gasteiger partial charge in [-0.3, -0.25) is 28.3 Å². The number of benzene rings is 1. The third-order valence-electron chi connectivity index (χ3n) is 6.93. The van der Waals surface area contributed by atoms with Crippen molar-refractivity contribution < 1.29 is 64.8 Å². The fourth-order valence-corrected chi connectivity index (χ4v) is 6.39. The van der Waals surface area contributed by atoms with Crippen LogP contribution in [0.3, 0.4) is 0 Å². The van der Waals surface area contributed by atoms with Crippen molar-refractivity contribution in [3.8, 4) is 17.2 Å². The molecule has 0 fully saturated rings. The average molecular weight is 635 g/mol. The van der Waals surface area contributed by atoms with Gasteiger partial charge in [0.25, 0.3) is 20.2 Å². The quantitative estimate of drug-likeness (QED) is 0.164. The number of hydrogen-bond donors (Lipinski definition) is 4. The normalized spacial score (nSPS) is 21.2. The molecule has 0 aromatic heterocycles. The van der Waals surface area contributed by atoms with Gasteiger partial charge in [-0.2, -0.15) is 16.8 Å². The SMILES string of the molecule is CC(=O)c1c(O)c(C)c(O)c2c1OC1=CC(=O)C(C(C)=O)C(=O)C12C.CCCC(OC(CCC)S(=O)(=O)O)S(=O)(=O)O. The molecule has 16 heteroatoms. The smallest absolute Gasteiger partial charge is 0.292 e. The Kier molecular flexibility index (Phi) is 10.5. The summed E-state index contributed by atoms with van der Waals surface area (Å²) in [4.78, 5) is 48.8. The molecule has 1 aliphatic carbocycles. The van der Waals surface area contributed by atoms with Crippen LogP contribution in [0.5, 0.6) is 17.2 Å². The first-order chi connectivity index (χ1) is 19.2. The van der Waals surface area contributed by atoms with Crippen LogP contribution in [-0.4, -0.2) is 70.2 Å². The molecular weight excluding hydrogens is 600 g/mol. The second kappa shape index (κ2) is 12.6. The maximum absolute atomic E-state index is 13.0. The molecule has 42 heavy (non-hydrogen) atoms. The predicted molar refractivity (Wildman–Crippen MR) is 146 cm³/mol. The van der Waals surface area contributed by atoms with E-state index in [-0.39, 0.29) is 41.0 Å². The highest BCUT2D eigenvalue weighted by Gasteiger charge is 2.58. The van der Waals surface area contributed by atoms with Crippen molar-refractivity contribution in [1.29, 1.82) is 0 Å². The van der Waals surface area contributed by atoms with Crippen LogP contribution in [-0.2, 0) is 44.8 Å². The number of hydrogen-bond acceptors (Lipinski definition) is 12. The third-order valence-corrected chi connectivity index (χ3v) is 8.95. The summed E-state index contributed by atoms with van der Waals surface area (Å²) in [5, 5.41) is 20.7. The van der Waals surface area contributed by atoms with Crippen molar-refractivity contribution in [3.05, 3.63) is 28.5 Å². The molecule has 0 spiro atoms. The number of aromatic hydroxyl groups is 2. The molecule has 234 valence electrons. The minimum Gasteiger partial charge on any atom is -0.507 e. The molecule has 2 aliphatic rings. The van der Waals surface area contributed by atoms with Crippen molar-refractivity contribution in [2.45, 2.75) is 83.5 Å². The van der Waals surface area contributed by atoms with Gasteiger partial charge in [-0.15, -0.1) is 0 Å². The lowest BCUT2D eigenvalue weighted by molar-refractivity contribution is -0.140. The summed E-state index contributed by atoms with van der Waals surface area (Å²) in [6, 6.07) is 0. The monoisotopic (exact) mass is 634 g/mol. The summed E-state index contributed by atoms with van der Waals surface area (Å²) in [5.41, 5.74) is -5.03. The van der Waals surface area contributed by atoms with E-state index in [1.165, 1.54) is 20.8 Å². The van der Waals surface area contributed by atoms with Crippen LogP contribution in [0, 0.1) is 12.8 Å². The van der Waals surface area contributed by atoms with Crippen molar-refractivity contribution in [2.24, 2.45) is 5.92 Å². The zero-order valence-electron chi connectivity index (χ0n) is 23.8. The summed E-state index contributed by atoms with van der Waals surface area (Å²) < 4.78 is 71.8. The Balaban J connectivity index is 0.000000319. The largest absolute Gasteiger partial charge is 0.507 e. The van der Waals surface area contributed by atoms with Gasteiger partial charge in [0.05, 0.1) is 5.56 Å². The van der Waals surface area contributed by atoms with E-state index in [9.17, 15) is 46.2 Å². The Morgan fingerprint density at radius 3 is 1.83 bits per heavy atom. The van der Waals surface area contributed by atoms with Gasteiger partial charge in [0, 0.05) is 11.6 Å². The first kappa shape index (κ1) is 35.0. The summed E-state index contributed by atoms with van der Waals surface area (Å²) in [7, 11) is -9.00. The van der Waals surface area contributed by atoms with Gasteiger partial charge in [0.15, 0.2) is 28.2 Å². The summed E-state index contributed by atoms with van der Waals surface area (Å²) >= 11 is 0. The van der Waals surface area contributed by atoms with Crippen LogP contribution in [0.25, 0.3) is 0 Å². The van der Waals surface area contributed by atoms with Gasteiger partial charge >= 0.3 is 0 Å². The van der Waals surface area contributed by atoms with E-state index in [0.29, 0.717) is 12.8 Å². The molecular formula is C26H34O14S2. The molecule has 0 bridgehead atoms. The van der Waals surface area contributed by atoms with E-state index in [1.807, 2.05) is 0 Å². The van der Waals surface area contributed by atoms with E-state index in [4.69, 9.17) is 18.6 Å². The van der Waals surface area contributed by atoms with Gasteiger partial charge in [-0.1, -0.05) is 26.7 Å².